The van der Waals surface area contributed by atoms with Gasteiger partial charge in [-0.25, -0.2) is 15.1 Å². The summed E-state index contributed by atoms with van der Waals surface area (Å²) in [5.74, 6) is -2.23. The molecule has 1 amide bonds. The number of nitrogens with one attached hydrogen (secondary N) is 3. The first-order valence-electron chi connectivity index (χ1n) is 10.2. The van der Waals surface area contributed by atoms with Gasteiger partial charge in [-0.05, 0) is 17.7 Å². The third-order valence-corrected chi connectivity index (χ3v) is 5.04. The van der Waals surface area contributed by atoms with Gasteiger partial charge in [-0.15, -0.1) is 0 Å². The molecule has 2 aromatic heterocycles. The van der Waals surface area contributed by atoms with Crippen LogP contribution in [0.3, 0.4) is 0 Å². The van der Waals surface area contributed by atoms with Crippen molar-refractivity contribution in [3.63, 3.8) is 0 Å². The topological polar surface area (TPSA) is 138 Å². The fraction of sp³-hybridized carbons (Fsp3) is 0.450. The molecule has 34 heavy (non-hydrogen) atoms. The molecule has 1 unspecified atom stereocenters. The van der Waals surface area contributed by atoms with Crippen molar-refractivity contribution >= 4 is 18.0 Å². The molecular formula is C20H24F3N7O4. The second kappa shape index (κ2) is 11.2. The lowest BCUT2D eigenvalue weighted by molar-refractivity contribution is -0.141. The van der Waals surface area contributed by atoms with Gasteiger partial charge in [0.25, 0.3) is 5.91 Å². The number of halogens is 3. The van der Waals surface area contributed by atoms with Crippen molar-refractivity contribution in [2.75, 3.05) is 46.6 Å². The highest BCUT2D eigenvalue weighted by atomic mass is 19.4. The molecule has 0 saturated carbocycles. The minimum atomic E-state index is -4.67. The normalized spacial score (nSPS) is 15.5. The number of nitrogens with zero attached hydrogens (tertiary/aromatic N) is 4. The molecule has 184 valence electrons. The van der Waals surface area contributed by atoms with Crippen LogP contribution in [0, 0.1) is 10.8 Å². The molecule has 1 saturated heterocycles. The van der Waals surface area contributed by atoms with E-state index in [2.05, 4.69) is 20.5 Å². The number of aromatic nitrogens is 3. The number of amides is 1. The summed E-state index contributed by atoms with van der Waals surface area (Å²) in [4.78, 5) is 24.1. The van der Waals surface area contributed by atoms with Gasteiger partial charge in [0.15, 0.2) is 5.69 Å². The van der Waals surface area contributed by atoms with Gasteiger partial charge in [-0.1, -0.05) is 0 Å². The molecule has 0 radical (unpaired) electrons. The van der Waals surface area contributed by atoms with Crippen molar-refractivity contribution in [1.82, 2.24) is 25.1 Å². The highest BCUT2D eigenvalue weighted by Crippen LogP contribution is 2.28. The van der Waals surface area contributed by atoms with Crippen LogP contribution in [0.15, 0.2) is 24.5 Å². The molecule has 14 heteroatoms. The van der Waals surface area contributed by atoms with Gasteiger partial charge in [0, 0.05) is 38.2 Å². The molecule has 1 fully saturated rings. The molecule has 0 bridgehead atoms. The average molecular weight is 483 g/mol. The monoisotopic (exact) mass is 483 g/mol. The SMILES string of the molecule is COc1ncc(C(C=N)C(=N)n2ccc(C(F)(F)F)n2)cc1C(=O)NOCCN1CCOCC1. The highest BCUT2D eigenvalue weighted by Gasteiger charge is 2.34. The summed E-state index contributed by atoms with van der Waals surface area (Å²) >= 11 is 0. The molecule has 2 aromatic rings. The Morgan fingerprint density at radius 2 is 2.12 bits per heavy atom. The molecule has 0 spiro atoms. The smallest absolute Gasteiger partial charge is 0.435 e. The zero-order valence-electron chi connectivity index (χ0n) is 18.3. The molecule has 3 N–H and O–H groups in total. The molecule has 0 aliphatic carbocycles. The Bertz CT molecular complexity index is 1020. The molecule has 1 aliphatic rings. The summed E-state index contributed by atoms with van der Waals surface area (Å²) in [5, 5.41) is 19.3. The second-order valence-corrected chi connectivity index (χ2v) is 7.23. The molecule has 3 heterocycles. The van der Waals surface area contributed by atoms with E-state index < -0.39 is 29.5 Å². The van der Waals surface area contributed by atoms with Crippen LogP contribution in [-0.4, -0.2) is 84.2 Å². The summed E-state index contributed by atoms with van der Waals surface area (Å²) in [5.41, 5.74) is 1.33. The number of morpholine rings is 1. The summed E-state index contributed by atoms with van der Waals surface area (Å²) in [6.07, 6.45) is -1.57. The first-order valence-corrected chi connectivity index (χ1v) is 10.2. The Hall–Kier alpha value is -3.36. The van der Waals surface area contributed by atoms with Gasteiger partial charge >= 0.3 is 6.18 Å². The van der Waals surface area contributed by atoms with Gasteiger partial charge < -0.3 is 14.9 Å². The summed E-state index contributed by atoms with van der Waals surface area (Å²) < 4.78 is 49.7. The van der Waals surface area contributed by atoms with Crippen LogP contribution < -0.4 is 10.2 Å². The Kier molecular flexibility index (Phi) is 8.31. The van der Waals surface area contributed by atoms with E-state index in [1.54, 1.807) is 0 Å². The van der Waals surface area contributed by atoms with Crippen molar-refractivity contribution in [3.8, 4) is 5.88 Å². The van der Waals surface area contributed by atoms with Crippen molar-refractivity contribution in [1.29, 1.82) is 10.8 Å². The van der Waals surface area contributed by atoms with E-state index in [4.69, 9.17) is 25.1 Å². The van der Waals surface area contributed by atoms with Gasteiger partial charge in [0.2, 0.25) is 5.88 Å². The van der Waals surface area contributed by atoms with Crippen LogP contribution in [0.1, 0.15) is 27.5 Å². The fourth-order valence-corrected chi connectivity index (χ4v) is 3.22. The van der Waals surface area contributed by atoms with Crippen LogP contribution in [0.2, 0.25) is 0 Å². The number of ether oxygens (including phenoxy) is 2. The van der Waals surface area contributed by atoms with Crippen LogP contribution in [0.4, 0.5) is 13.2 Å². The maximum atomic E-state index is 12.8. The Morgan fingerprint density at radius 1 is 1.38 bits per heavy atom. The molecular weight excluding hydrogens is 459 g/mol. The van der Waals surface area contributed by atoms with Gasteiger partial charge in [-0.3, -0.25) is 19.9 Å². The standard InChI is InChI=1S/C20H24F3N7O4/c1-32-19-14(18(31)28-34-9-6-29-4-7-33-8-5-29)10-13(12-26-19)15(11-24)17(25)30-3-2-16(27-30)20(21,22)23/h2-3,10-12,15,24-25H,4-9H2,1H3,(H,28,31). The lowest BCUT2D eigenvalue weighted by Crippen LogP contribution is -2.39. The average Bonchev–Trinajstić information content (AvgIpc) is 3.34. The minimum Gasteiger partial charge on any atom is -0.480 e. The number of carbonyl (C=O) groups is 1. The number of rotatable bonds is 9. The van der Waals surface area contributed by atoms with E-state index in [0.29, 0.717) is 19.8 Å². The van der Waals surface area contributed by atoms with E-state index in [1.807, 2.05) is 0 Å². The largest absolute Gasteiger partial charge is 0.480 e. The molecule has 1 atom stereocenters. The quantitative estimate of drug-likeness (QED) is 0.213. The van der Waals surface area contributed by atoms with Crippen LogP contribution >= 0.6 is 0 Å². The van der Waals surface area contributed by atoms with Crippen molar-refractivity contribution in [3.05, 3.63) is 41.3 Å². The zero-order valence-corrected chi connectivity index (χ0v) is 18.3. The van der Waals surface area contributed by atoms with Crippen LogP contribution in [0.5, 0.6) is 5.88 Å². The van der Waals surface area contributed by atoms with Crippen molar-refractivity contribution < 1.29 is 32.3 Å². The van der Waals surface area contributed by atoms with Gasteiger partial charge in [0.05, 0.1) is 32.8 Å². The number of pyridine rings is 1. The van der Waals surface area contributed by atoms with Crippen LogP contribution in [0.25, 0.3) is 0 Å². The first-order chi connectivity index (χ1) is 16.2. The number of hydrogen-bond donors (Lipinski definition) is 3. The highest BCUT2D eigenvalue weighted by molar-refractivity contribution is 6.02. The fourth-order valence-electron chi connectivity index (χ4n) is 3.22. The number of methoxy groups -OCH3 is 1. The van der Waals surface area contributed by atoms with E-state index in [0.717, 1.165) is 36.2 Å². The van der Waals surface area contributed by atoms with Crippen LogP contribution in [-0.2, 0) is 15.8 Å². The Balaban J connectivity index is 1.70. The lowest BCUT2D eigenvalue weighted by atomic mass is 9.99. The minimum absolute atomic E-state index is 0.0215. The summed E-state index contributed by atoms with van der Waals surface area (Å²) in [6, 6.07) is 2.07. The van der Waals surface area contributed by atoms with E-state index in [1.165, 1.54) is 19.4 Å². The second-order valence-electron chi connectivity index (χ2n) is 7.23. The molecule has 1 aliphatic heterocycles. The third-order valence-electron chi connectivity index (χ3n) is 5.04. The molecule has 0 aromatic carbocycles. The number of alkyl halides is 3. The van der Waals surface area contributed by atoms with Gasteiger partial charge in [0.1, 0.15) is 11.4 Å². The van der Waals surface area contributed by atoms with E-state index in [9.17, 15) is 18.0 Å². The first kappa shape index (κ1) is 25.3. The lowest BCUT2D eigenvalue weighted by Gasteiger charge is -2.26. The van der Waals surface area contributed by atoms with Crippen molar-refractivity contribution in [2.45, 2.75) is 12.1 Å². The maximum Gasteiger partial charge on any atom is 0.435 e. The Morgan fingerprint density at radius 3 is 2.74 bits per heavy atom. The summed E-state index contributed by atoms with van der Waals surface area (Å²) in [6.45, 7) is 3.65. The number of hydroxylamine groups is 1. The van der Waals surface area contributed by atoms with E-state index >= 15 is 0 Å². The Labute approximate surface area is 192 Å². The van der Waals surface area contributed by atoms with Gasteiger partial charge in [-0.2, -0.15) is 18.3 Å². The van der Waals surface area contributed by atoms with E-state index in [-0.39, 0.29) is 23.6 Å². The predicted octanol–water partition coefficient (Wildman–Crippen LogP) is 1.56. The number of carbonyl (C=O) groups excluding carboxylic acids is 1. The molecule has 3 rings (SSSR count). The maximum absolute atomic E-state index is 12.8. The molecule has 11 nitrogen and oxygen atoms in total. The summed E-state index contributed by atoms with van der Waals surface area (Å²) in [7, 11) is 1.32. The third kappa shape index (κ3) is 6.15. The number of hydrogen-bond acceptors (Lipinski definition) is 9. The predicted molar refractivity (Wildman–Crippen MR) is 113 cm³/mol. The van der Waals surface area contributed by atoms with Crippen molar-refractivity contribution in [2.24, 2.45) is 0 Å². The zero-order chi connectivity index (χ0) is 24.7.